The van der Waals surface area contributed by atoms with Crippen LogP contribution in [0.4, 0.5) is 9.59 Å². The summed E-state index contributed by atoms with van der Waals surface area (Å²) in [6.45, 7) is 9.08. The number of nitrogens with zero attached hydrogens (tertiary/aromatic N) is 4. The number of hydrogen-bond acceptors (Lipinski definition) is 9. The summed E-state index contributed by atoms with van der Waals surface area (Å²) in [5, 5.41) is 5.37. The highest BCUT2D eigenvalue weighted by Gasteiger charge is 2.39. The highest BCUT2D eigenvalue weighted by atomic mass is 16.5. The number of nitrogens with one attached hydrogen (secondary N) is 4. The van der Waals surface area contributed by atoms with Crippen LogP contribution in [0.3, 0.4) is 0 Å². The summed E-state index contributed by atoms with van der Waals surface area (Å²) in [4.78, 5) is 70.9. The second kappa shape index (κ2) is 16.6. The first-order chi connectivity index (χ1) is 26.0. The van der Waals surface area contributed by atoms with Gasteiger partial charge in [-0.1, -0.05) is 33.8 Å². The third kappa shape index (κ3) is 8.29. The van der Waals surface area contributed by atoms with Gasteiger partial charge in [-0.15, -0.1) is 0 Å². The summed E-state index contributed by atoms with van der Waals surface area (Å²) >= 11 is 0. The number of methoxy groups -OCH3 is 2. The predicted octanol–water partition coefficient (Wildman–Crippen LogP) is 5.62. The van der Waals surface area contributed by atoms with Gasteiger partial charge in [0.15, 0.2) is 0 Å². The first-order valence-electron chi connectivity index (χ1n) is 18.5. The Morgan fingerprint density at radius 3 is 1.93 bits per heavy atom. The SMILES string of the molecule is COC(=O)NC(C(=O)N1CCC[C@H]1c1nc(-c2ccc(OCc3ccc4[nH]c([C@@H]5CCCN5C(=O)C(NC(=O)OC)C(C)C)nc4c3)cc2)c[nH]1)C(C)C. The fraction of sp³-hybridized carbons (Fsp3) is 0.487. The van der Waals surface area contributed by atoms with E-state index in [0.29, 0.717) is 37.1 Å². The van der Waals surface area contributed by atoms with Gasteiger partial charge >= 0.3 is 12.2 Å². The maximum Gasteiger partial charge on any atom is 0.407 e. The van der Waals surface area contributed by atoms with E-state index in [1.807, 2.05) is 76.4 Å². The Bertz CT molecular complexity index is 1960. The molecule has 2 aliphatic heterocycles. The topological polar surface area (TPSA) is 184 Å². The fourth-order valence-corrected chi connectivity index (χ4v) is 7.25. The number of alkyl carbamates (subject to hydrolysis) is 2. The van der Waals surface area contributed by atoms with Crippen LogP contribution in [0.1, 0.15) is 82.7 Å². The number of carbonyl (C=O) groups excluding carboxylic acids is 4. The van der Waals surface area contributed by atoms with Gasteiger partial charge in [0, 0.05) is 24.8 Å². The van der Waals surface area contributed by atoms with Crippen molar-refractivity contribution >= 4 is 35.0 Å². The molecule has 15 nitrogen and oxygen atoms in total. The number of amides is 4. The summed E-state index contributed by atoms with van der Waals surface area (Å²) in [6, 6.07) is 11.8. The van der Waals surface area contributed by atoms with E-state index in [1.165, 1.54) is 14.2 Å². The van der Waals surface area contributed by atoms with Gasteiger partial charge in [-0.2, -0.15) is 0 Å². The molecule has 4 heterocycles. The van der Waals surface area contributed by atoms with Crippen LogP contribution in [-0.4, -0.2) is 93.1 Å². The Labute approximate surface area is 314 Å². The molecule has 0 aliphatic carbocycles. The Kier molecular flexibility index (Phi) is 11.7. The highest BCUT2D eigenvalue weighted by molar-refractivity contribution is 5.87. The first kappa shape index (κ1) is 38.1. The second-order valence-corrected chi connectivity index (χ2v) is 14.6. The summed E-state index contributed by atoms with van der Waals surface area (Å²) in [6.07, 6.45) is 3.80. The van der Waals surface area contributed by atoms with Crippen molar-refractivity contribution in [1.29, 1.82) is 0 Å². The summed E-state index contributed by atoms with van der Waals surface area (Å²) in [7, 11) is 2.57. The van der Waals surface area contributed by atoms with Crippen LogP contribution >= 0.6 is 0 Å². The van der Waals surface area contributed by atoms with Crippen molar-refractivity contribution < 1.29 is 33.4 Å². The fourth-order valence-electron chi connectivity index (χ4n) is 7.25. The Morgan fingerprint density at radius 2 is 1.37 bits per heavy atom. The number of carbonyl (C=O) groups is 4. The number of ether oxygens (including phenoxy) is 3. The molecule has 4 amide bonds. The van der Waals surface area contributed by atoms with Gasteiger partial charge in [0.2, 0.25) is 11.8 Å². The van der Waals surface area contributed by atoms with Gasteiger partial charge in [-0.25, -0.2) is 19.6 Å². The van der Waals surface area contributed by atoms with Crippen LogP contribution in [0.5, 0.6) is 5.75 Å². The van der Waals surface area contributed by atoms with Crippen molar-refractivity contribution in [3.8, 4) is 17.0 Å². The monoisotopic (exact) mass is 742 g/mol. The third-order valence-corrected chi connectivity index (χ3v) is 10.2. The lowest BCUT2D eigenvalue weighted by molar-refractivity contribution is -0.136. The Morgan fingerprint density at radius 1 is 0.796 bits per heavy atom. The molecule has 0 spiro atoms. The molecule has 6 rings (SSSR count). The second-order valence-electron chi connectivity index (χ2n) is 14.6. The molecule has 0 saturated carbocycles. The van der Waals surface area contributed by atoms with E-state index in [-0.39, 0.29) is 35.7 Å². The number of aromatic amines is 2. The minimum Gasteiger partial charge on any atom is -0.489 e. The maximum atomic E-state index is 13.5. The van der Waals surface area contributed by atoms with Crippen molar-refractivity contribution in [3.63, 3.8) is 0 Å². The molecule has 2 aliphatic rings. The average molecular weight is 743 g/mol. The molecule has 2 unspecified atom stereocenters. The largest absolute Gasteiger partial charge is 0.489 e. The zero-order chi connectivity index (χ0) is 38.5. The number of hydrogen-bond donors (Lipinski definition) is 4. The lowest BCUT2D eigenvalue weighted by atomic mass is 10.0. The normalized spacial score (nSPS) is 18.2. The van der Waals surface area contributed by atoms with E-state index >= 15 is 0 Å². The molecule has 15 heteroatoms. The van der Waals surface area contributed by atoms with Crippen LogP contribution in [-0.2, 0) is 25.7 Å². The van der Waals surface area contributed by atoms with Crippen LogP contribution in [0, 0.1) is 11.8 Å². The molecular formula is C39H50N8O7. The number of H-pyrrole nitrogens is 2. The van der Waals surface area contributed by atoms with Gasteiger partial charge < -0.3 is 44.6 Å². The van der Waals surface area contributed by atoms with Crippen LogP contribution in [0.2, 0.25) is 0 Å². The van der Waals surface area contributed by atoms with E-state index in [4.69, 9.17) is 24.2 Å². The standard InChI is InChI=1S/C39H50N8O7/c1-22(2)32(44-38(50)52-5)36(48)46-17-7-9-30(46)34-40-20-29(43-34)25-12-14-26(15-13-25)54-21-24-11-16-27-28(19-24)42-35(41-27)31-10-8-18-47(31)37(49)33(23(3)4)45-39(51)53-6/h11-16,19-20,22-23,30-33H,7-10,17-18,21H2,1-6H3,(H,40,43)(H,41,42)(H,44,50)(H,45,51)/t30-,31-,32?,33?/m0/s1. The van der Waals surface area contributed by atoms with Gasteiger partial charge in [0.25, 0.3) is 0 Å². The summed E-state index contributed by atoms with van der Waals surface area (Å²) < 4.78 is 15.6. The molecule has 4 aromatic rings. The van der Waals surface area contributed by atoms with Crippen molar-refractivity contribution in [2.24, 2.45) is 11.8 Å². The van der Waals surface area contributed by atoms with E-state index < -0.39 is 24.3 Å². The quantitative estimate of drug-likeness (QED) is 0.143. The van der Waals surface area contributed by atoms with E-state index in [0.717, 1.165) is 53.5 Å². The zero-order valence-corrected chi connectivity index (χ0v) is 31.7. The molecule has 54 heavy (non-hydrogen) atoms. The summed E-state index contributed by atoms with van der Waals surface area (Å²) in [5.41, 5.74) is 4.25. The van der Waals surface area contributed by atoms with Crippen LogP contribution in [0.15, 0.2) is 48.7 Å². The maximum absolute atomic E-state index is 13.5. The van der Waals surface area contributed by atoms with E-state index in [2.05, 4.69) is 20.6 Å². The average Bonchev–Trinajstić information content (AvgIpc) is 4.00. The molecule has 4 N–H and O–H groups in total. The van der Waals surface area contributed by atoms with Crippen LogP contribution < -0.4 is 15.4 Å². The Balaban J connectivity index is 1.08. The molecule has 2 aromatic carbocycles. The van der Waals surface area contributed by atoms with Crippen molar-refractivity contribution in [2.45, 2.75) is 84.2 Å². The van der Waals surface area contributed by atoms with Gasteiger partial charge in [-0.05, 0) is 79.5 Å². The lowest BCUT2D eigenvalue weighted by Crippen LogP contribution is -2.51. The number of benzene rings is 2. The van der Waals surface area contributed by atoms with Crippen molar-refractivity contribution in [3.05, 3.63) is 65.9 Å². The number of imidazole rings is 2. The van der Waals surface area contributed by atoms with Crippen molar-refractivity contribution in [2.75, 3.05) is 27.3 Å². The van der Waals surface area contributed by atoms with Gasteiger partial charge in [-0.3, -0.25) is 9.59 Å². The first-order valence-corrected chi connectivity index (χ1v) is 18.5. The number of rotatable bonds is 12. The number of aromatic nitrogens is 4. The van der Waals surface area contributed by atoms with Crippen molar-refractivity contribution in [1.82, 2.24) is 40.4 Å². The molecular weight excluding hydrogens is 692 g/mol. The van der Waals surface area contributed by atoms with E-state index in [9.17, 15) is 19.2 Å². The van der Waals surface area contributed by atoms with Crippen LogP contribution in [0.25, 0.3) is 22.3 Å². The molecule has 2 aromatic heterocycles. The predicted molar refractivity (Wildman–Crippen MR) is 200 cm³/mol. The van der Waals surface area contributed by atoms with Gasteiger partial charge in [0.05, 0.1) is 43.0 Å². The molecule has 0 radical (unpaired) electrons. The minimum atomic E-state index is -0.695. The highest BCUT2D eigenvalue weighted by Crippen LogP contribution is 2.34. The summed E-state index contributed by atoms with van der Waals surface area (Å²) in [5.74, 6) is 1.60. The lowest BCUT2D eigenvalue weighted by Gasteiger charge is -2.29. The molecule has 2 saturated heterocycles. The number of likely N-dealkylation sites (tertiary alicyclic amines) is 2. The molecule has 2 fully saturated rings. The molecule has 4 atom stereocenters. The van der Waals surface area contributed by atoms with E-state index in [1.54, 1.807) is 9.80 Å². The third-order valence-electron chi connectivity index (χ3n) is 10.2. The van der Waals surface area contributed by atoms with Gasteiger partial charge in [0.1, 0.15) is 36.1 Å². The minimum absolute atomic E-state index is 0.110. The Hall–Kier alpha value is -5.60. The molecule has 0 bridgehead atoms. The number of fused-ring (bicyclic) bond motifs is 1. The molecule has 288 valence electrons. The zero-order valence-electron chi connectivity index (χ0n) is 31.7. The smallest absolute Gasteiger partial charge is 0.407 e.